The number of aromatic hydroxyl groups is 1. The Kier molecular flexibility index (Phi) is 13.1. The van der Waals surface area contributed by atoms with Crippen LogP contribution in [0.1, 0.15) is 32.3 Å². The maximum atomic E-state index is 10.1. The quantitative estimate of drug-likeness (QED) is 0.219. The van der Waals surface area contributed by atoms with Crippen LogP contribution in [-0.4, -0.2) is 101 Å². The molecule has 0 unspecified atom stereocenters. The summed E-state index contributed by atoms with van der Waals surface area (Å²) in [5, 5.41) is 25.9. The van der Waals surface area contributed by atoms with Gasteiger partial charge in [-0.05, 0) is 42.8 Å². The number of nitrogens with zero attached hydrogens (tertiary/aromatic N) is 3. The number of quaternary nitrogens is 2. The van der Waals surface area contributed by atoms with Gasteiger partial charge in [-0.15, -0.1) is 0 Å². The van der Waals surface area contributed by atoms with E-state index >= 15 is 0 Å². The van der Waals surface area contributed by atoms with Crippen molar-refractivity contribution >= 4 is 22.7 Å². The van der Waals surface area contributed by atoms with Crippen molar-refractivity contribution in [2.75, 3.05) is 97.2 Å². The molecule has 2 rings (SSSR count). The van der Waals surface area contributed by atoms with Crippen molar-refractivity contribution in [3.63, 3.8) is 0 Å². The molecular weight excluding hydrogens is 450 g/mol. The zero-order valence-corrected chi connectivity index (χ0v) is 24.4. The molecular formula is C29H53N5O2+2. The summed E-state index contributed by atoms with van der Waals surface area (Å²) in [5.41, 5.74) is 4.67. The molecule has 0 saturated carbocycles. The molecule has 7 nitrogen and oxygen atoms in total. The van der Waals surface area contributed by atoms with Crippen LogP contribution in [0.2, 0.25) is 0 Å². The molecule has 2 aromatic carbocycles. The predicted octanol–water partition coefficient (Wildman–Crippen LogP) is 4.87. The molecule has 0 spiro atoms. The predicted molar refractivity (Wildman–Crippen MR) is 157 cm³/mol. The van der Waals surface area contributed by atoms with Crippen LogP contribution >= 0.6 is 0 Å². The minimum absolute atomic E-state index is 0.0286. The number of aliphatic hydroxyl groups excluding tert-OH is 1. The molecule has 0 aromatic heterocycles. The van der Waals surface area contributed by atoms with E-state index in [9.17, 15) is 10.2 Å². The lowest BCUT2D eigenvalue weighted by atomic mass is 10.1. The fraction of sp³-hybridized carbons (Fsp3) is 0.586. The number of anilines is 4. The highest BCUT2D eigenvalue weighted by Gasteiger charge is 2.14. The summed E-state index contributed by atoms with van der Waals surface area (Å²) in [6, 6.07) is 12.2. The van der Waals surface area contributed by atoms with Crippen molar-refractivity contribution in [1.29, 1.82) is 0 Å². The van der Waals surface area contributed by atoms with Crippen LogP contribution in [0.3, 0.4) is 0 Å². The van der Waals surface area contributed by atoms with Gasteiger partial charge in [-0.25, -0.2) is 0 Å². The second-order valence-corrected chi connectivity index (χ2v) is 11.2. The van der Waals surface area contributed by atoms with E-state index in [-0.39, 0.29) is 12.4 Å². The molecule has 0 fully saturated rings. The van der Waals surface area contributed by atoms with Crippen LogP contribution in [0, 0.1) is 6.92 Å². The lowest BCUT2D eigenvalue weighted by molar-refractivity contribution is -0.870. The van der Waals surface area contributed by atoms with Gasteiger partial charge in [-0.2, -0.15) is 0 Å². The third-order valence-electron chi connectivity index (χ3n) is 5.79. The standard InChI is InChI=1S/C27H46N5O2.C2H6/c1-22-20-26(25(21-27(22)34)28-14-19-33)29-23-10-12-24(13-11-23)30(15-8-17-31(2,3)4)16-9-18-32(5,6)7;1-2/h10-13,20-21,28-29,33H,8-9,14-19H2,1-7H3;1-2H3/q+1;/p+1. The zero-order chi connectivity index (χ0) is 27.4. The number of hydrogen-bond acceptors (Lipinski definition) is 5. The van der Waals surface area contributed by atoms with Crippen LogP contribution in [0.25, 0.3) is 0 Å². The molecule has 0 aliphatic carbocycles. The third kappa shape index (κ3) is 12.0. The lowest BCUT2D eigenvalue weighted by Crippen LogP contribution is -2.39. The molecule has 0 aliphatic rings. The summed E-state index contributed by atoms with van der Waals surface area (Å²) in [6.07, 6.45) is 2.31. The van der Waals surface area contributed by atoms with Crippen molar-refractivity contribution in [3.8, 4) is 5.75 Å². The highest BCUT2D eigenvalue weighted by molar-refractivity contribution is 5.77. The summed E-state index contributed by atoms with van der Waals surface area (Å²) < 4.78 is 1.96. The minimum Gasteiger partial charge on any atom is -0.508 e. The van der Waals surface area contributed by atoms with E-state index in [1.54, 1.807) is 6.07 Å². The Morgan fingerprint density at radius 2 is 1.33 bits per heavy atom. The number of hydrogen-bond donors (Lipinski definition) is 4. The van der Waals surface area contributed by atoms with Gasteiger partial charge in [0.15, 0.2) is 0 Å². The van der Waals surface area contributed by atoms with Crippen molar-refractivity contribution in [2.45, 2.75) is 33.6 Å². The molecule has 2 aromatic rings. The van der Waals surface area contributed by atoms with Gasteiger partial charge in [0.05, 0.1) is 73.4 Å². The molecule has 0 aliphatic heterocycles. The number of aliphatic hydroxyl groups is 1. The summed E-state index contributed by atoms with van der Waals surface area (Å²) in [6.45, 7) is 10.7. The summed E-state index contributed by atoms with van der Waals surface area (Å²) in [7, 11) is 13.5. The lowest BCUT2D eigenvalue weighted by Gasteiger charge is -2.30. The van der Waals surface area contributed by atoms with Gasteiger partial charge < -0.3 is 34.7 Å². The summed E-state index contributed by atoms with van der Waals surface area (Å²) in [5.74, 6) is 0.236. The van der Waals surface area contributed by atoms with Gasteiger partial charge in [0, 0.05) is 49.9 Å². The topological polar surface area (TPSA) is 67.8 Å². The van der Waals surface area contributed by atoms with Gasteiger partial charge in [0.25, 0.3) is 0 Å². The van der Waals surface area contributed by atoms with E-state index in [4.69, 9.17) is 0 Å². The number of nitrogens with one attached hydrogen (secondary N) is 2. The third-order valence-corrected chi connectivity index (χ3v) is 5.79. The van der Waals surface area contributed by atoms with Crippen LogP contribution in [0.4, 0.5) is 22.7 Å². The number of benzene rings is 2. The van der Waals surface area contributed by atoms with Crippen LogP contribution in [0.5, 0.6) is 5.75 Å². The SMILES string of the molecule is CC.Cc1cc(Nc2ccc(N(CCC[N+](C)(C)C)CCC[N+](C)(C)C)cc2)c(NCCO)cc1O. The minimum atomic E-state index is 0.0286. The van der Waals surface area contributed by atoms with Crippen molar-refractivity contribution in [1.82, 2.24) is 0 Å². The Morgan fingerprint density at radius 3 is 1.81 bits per heavy atom. The van der Waals surface area contributed by atoms with Crippen LogP contribution in [0.15, 0.2) is 36.4 Å². The Bertz CT molecular complexity index is 866. The monoisotopic (exact) mass is 503 g/mol. The molecule has 0 heterocycles. The van der Waals surface area contributed by atoms with Gasteiger partial charge in [0.1, 0.15) is 5.75 Å². The molecule has 0 saturated heterocycles. The van der Waals surface area contributed by atoms with E-state index in [0.717, 1.165) is 70.6 Å². The van der Waals surface area contributed by atoms with E-state index in [2.05, 4.69) is 82.1 Å². The highest BCUT2D eigenvalue weighted by atomic mass is 16.3. The first-order valence-electron chi connectivity index (χ1n) is 13.3. The Balaban J connectivity index is 0.00000316. The average Bonchev–Trinajstić information content (AvgIpc) is 2.80. The number of phenolic OH excluding ortho intramolecular Hbond substituents is 1. The molecule has 0 radical (unpaired) electrons. The maximum Gasteiger partial charge on any atom is 0.120 e. The Labute approximate surface area is 220 Å². The fourth-order valence-electron chi connectivity index (χ4n) is 3.89. The number of aryl methyl sites for hydroxylation is 1. The van der Waals surface area contributed by atoms with Gasteiger partial charge >= 0.3 is 0 Å². The van der Waals surface area contributed by atoms with E-state index in [1.165, 1.54) is 5.69 Å². The first-order valence-corrected chi connectivity index (χ1v) is 13.3. The average molecular weight is 504 g/mol. The molecule has 0 bridgehead atoms. The van der Waals surface area contributed by atoms with Crippen molar-refractivity contribution in [3.05, 3.63) is 42.0 Å². The normalized spacial score (nSPS) is 11.5. The number of rotatable bonds is 14. The van der Waals surface area contributed by atoms with E-state index in [1.807, 2.05) is 26.8 Å². The number of phenols is 1. The Hall–Kier alpha value is -2.48. The van der Waals surface area contributed by atoms with Crippen LogP contribution < -0.4 is 15.5 Å². The molecule has 36 heavy (non-hydrogen) atoms. The molecule has 0 amide bonds. The van der Waals surface area contributed by atoms with E-state index < -0.39 is 0 Å². The fourth-order valence-corrected chi connectivity index (χ4v) is 3.89. The van der Waals surface area contributed by atoms with E-state index in [0.29, 0.717) is 6.54 Å². The summed E-state index contributed by atoms with van der Waals surface area (Å²) >= 11 is 0. The molecule has 4 N–H and O–H groups in total. The largest absolute Gasteiger partial charge is 0.508 e. The molecule has 7 heteroatoms. The summed E-state index contributed by atoms with van der Waals surface area (Å²) in [4.78, 5) is 2.51. The van der Waals surface area contributed by atoms with Crippen molar-refractivity contribution in [2.24, 2.45) is 0 Å². The highest BCUT2D eigenvalue weighted by Crippen LogP contribution is 2.32. The molecule has 0 atom stereocenters. The second kappa shape index (κ2) is 14.9. The smallest absolute Gasteiger partial charge is 0.120 e. The second-order valence-electron chi connectivity index (χ2n) is 11.2. The van der Waals surface area contributed by atoms with Crippen LogP contribution in [-0.2, 0) is 0 Å². The maximum absolute atomic E-state index is 10.1. The van der Waals surface area contributed by atoms with Gasteiger partial charge in [-0.1, -0.05) is 13.8 Å². The first-order chi connectivity index (χ1) is 16.9. The van der Waals surface area contributed by atoms with Gasteiger partial charge in [-0.3, -0.25) is 0 Å². The Morgan fingerprint density at radius 1 is 0.806 bits per heavy atom. The zero-order valence-electron chi connectivity index (χ0n) is 24.4. The van der Waals surface area contributed by atoms with Gasteiger partial charge in [0.2, 0.25) is 0 Å². The first kappa shape index (κ1) is 31.5. The van der Waals surface area contributed by atoms with Crippen molar-refractivity contribution < 1.29 is 19.2 Å². The molecule has 204 valence electrons.